The standard InChI is InChI=1S/C54H47BN2O2/c1-52(2,3)30-18-22-33(23-19-30)57-42-28-36-34-14-10-12-16-43(34)58-45(36)29-38(42)46-47-35-15-11-13-17-44(35)59-51(47)48-37-26-31(53(4,5)6)20-24-40(37)56-41-25-21-32(54(7,8)9)27-39(41)55(57)49(46)50(48)56/h10-29H,1-9H3. The fourth-order valence-corrected chi connectivity index (χ4v) is 10.3. The molecule has 0 unspecified atom stereocenters. The minimum atomic E-state index is -0.134. The maximum Gasteiger partial charge on any atom is 0.333 e. The first-order valence-corrected chi connectivity index (χ1v) is 21.1. The summed E-state index contributed by atoms with van der Waals surface area (Å²) < 4.78 is 16.4. The molecule has 0 radical (unpaired) electrons. The molecule has 0 fully saturated rings. The average Bonchev–Trinajstić information content (AvgIpc) is 3.88. The summed E-state index contributed by atoms with van der Waals surface area (Å²) in [5.41, 5.74) is 18.5. The van der Waals surface area contributed by atoms with Crippen LogP contribution >= 0.6 is 0 Å². The monoisotopic (exact) mass is 766 g/mol. The van der Waals surface area contributed by atoms with E-state index in [0.29, 0.717) is 0 Å². The number of hydrogen-bond donors (Lipinski definition) is 0. The maximum atomic E-state index is 7.15. The van der Waals surface area contributed by atoms with Crippen molar-refractivity contribution in [3.05, 3.63) is 138 Å². The molecule has 0 amide bonds. The summed E-state index contributed by atoms with van der Waals surface area (Å²) in [4.78, 5) is 2.64. The molecule has 0 aliphatic carbocycles. The third kappa shape index (κ3) is 4.67. The highest BCUT2D eigenvalue weighted by Gasteiger charge is 2.46. The third-order valence-electron chi connectivity index (χ3n) is 13.4. The Bertz CT molecular complexity index is 3450. The van der Waals surface area contributed by atoms with Crippen molar-refractivity contribution < 1.29 is 8.83 Å². The Kier molecular flexibility index (Phi) is 6.66. The van der Waals surface area contributed by atoms with E-state index in [0.717, 1.165) is 44.1 Å². The van der Waals surface area contributed by atoms with E-state index in [2.05, 4.69) is 193 Å². The summed E-state index contributed by atoms with van der Waals surface area (Å²) in [5.74, 6) is 0. The van der Waals surface area contributed by atoms with Gasteiger partial charge in [-0.25, -0.2) is 0 Å². The summed E-state index contributed by atoms with van der Waals surface area (Å²) in [5, 5.41) is 6.96. The van der Waals surface area contributed by atoms with E-state index >= 15 is 0 Å². The average molecular weight is 767 g/mol. The van der Waals surface area contributed by atoms with Crippen LogP contribution in [0.1, 0.15) is 79.0 Å². The van der Waals surface area contributed by atoms with E-state index in [1.807, 2.05) is 0 Å². The van der Waals surface area contributed by atoms with E-state index < -0.39 is 0 Å². The highest BCUT2D eigenvalue weighted by atomic mass is 16.3. The fourth-order valence-electron chi connectivity index (χ4n) is 10.3. The molecule has 0 saturated carbocycles. The van der Waals surface area contributed by atoms with Crippen LogP contribution < -0.4 is 15.7 Å². The summed E-state index contributed by atoms with van der Waals surface area (Å²) in [6, 6.07) is 45.5. The molecule has 5 heterocycles. The number of furan rings is 2. The van der Waals surface area contributed by atoms with Crippen molar-refractivity contribution in [1.82, 2.24) is 4.57 Å². The second-order valence-corrected chi connectivity index (χ2v) is 20.2. The van der Waals surface area contributed by atoms with Crippen LogP contribution in [0.25, 0.3) is 82.5 Å². The number of para-hydroxylation sites is 2. The Morgan fingerprint density at radius 1 is 0.492 bits per heavy atom. The second-order valence-electron chi connectivity index (χ2n) is 20.2. The maximum absolute atomic E-state index is 7.15. The number of benzene rings is 7. The van der Waals surface area contributed by atoms with Crippen LogP contribution in [0.5, 0.6) is 0 Å². The molecule has 3 aromatic heterocycles. The molecular weight excluding hydrogens is 719 g/mol. The van der Waals surface area contributed by atoms with Gasteiger partial charge in [0.15, 0.2) is 0 Å². The molecule has 10 aromatic rings. The molecule has 2 aliphatic rings. The van der Waals surface area contributed by atoms with Crippen molar-refractivity contribution in [1.29, 1.82) is 0 Å². The first-order valence-electron chi connectivity index (χ1n) is 21.1. The zero-order chi connectivity index (χ0) is 40.5. The van der Waals surface area contributed by atoms with Crippen LogP contribution in [-0.2, 0) is 16.2 Å². The molecule has 4 nitrogen and oxygen atoms in total. The van der Waals surface area contributed by atoms with Gasteiger partial charge in [0.25, 0.3) is 0 Å². The molecule has 12 rings (SSSR count). The molecule has 59 heavy (non-hydrogen) atoms. The molecule has 0 spiro atoms. The van der Waals surface area contributed by atoms with Crippen molar-refractivity contribution >= 4 is 94.8 Å². The number of rotatable bonds is 1. The SMILES string of the molecule is CC(C)(C)c1ccc(N2B3c4cc(C(C)(C)C)ccc4-n4c5ccc(C(C)(C)C)cc5c5c6oc7ccccc7c6c(c3c54)-c3cc4oc5ccccc5c4cc32)cc1. The van der Waals surface area contributed by atoms with Crippen LogP contribution in [0.2, 0.25) is 0 Å². The zero-order valence-electron chi connectivity index (χ0n) is 35.3. The number of aromatic nitrogens is 1. The van der Waals surface area contributed by atoms with Crippen LogP contribution in [0.4, 0.5) is 11.4 Å². The normalized spacial score (nSPS) is 14.1. The van der Waals surface area contributed by atoms with Gasteiger partial charge in [0.05, 0.1) is 16.4 Å². The molecular formula is C54H47BN2O2. The lowest BCUT2D eigenvalue weighted by Gasteiger charge is -2.42. The van der Waals surface area contributed by atoms with Gasteiger partial charge in [0.1, 0.15) is 22.3 Å². The van der Waals surface area contributed by atoms with E-state index in [-0.39, 0.29) is 23.1 Å². The van der Waals surface area contributed by atoms with Crippen molar-refractivity contribution in [2.24, 2.45) is 0 Å². The first-order chi connectivity index (χ1) is 28.2. The quantitative estimate of drug-likeness (QED) is 0.156. The molecule has 0 bridgehead atoms. The Morgan fingerprint density at radius 3 is 1.83 bits per heavy atom. The summed E-state index contributed by atoms with van der Waals surface area (Å²) in [6.07, 6.45) is 0. The van der Waals surface area contributed by atoms with Gasteiger partial charge in [-0.1, -0.05) is 129 Å². The predicted molar refractivity (Wildman–Crippen MR) is 250 cm³/mol. The highest BCUT2D eigenvalue weighted by molar-refractivity contribution is 6.94. The predicted octanol–water partition coefficient (Wildman–Crippen LogP) is 13.7. The van der Waals surface area contributed by atoms with Crippen LogP contribution in [0, 0.1) is 0 Å². The van der Waals surface area contributed by atoms with Gasteiger partial charge in [-0.2, -0.15) is 0 Å². The van der Waals surface area contributed by atoms with Crippen LogP contribution in [0.3, 0.4) is 0 Å². The minimum absolute atomic E-state index is 0.0266. The largest absolute Gasteiger partial charge is 0.456 e. The van der Waals surface area contributed by atoms with Gasteiger partial charge in [0.2, 0.25) is 0 Å². The van der Waals surface area contributed by atoms with E-state index in [9.17, 15) is 0 Å². The van der Waals surface area contributed by atoms with Crippen molar-refractivity contribution in [2.75, 3.05) is 4.81 Å². The van der Waals surface area contributed by atoms with Gasteiger partial charge >= 0.3 is 6.85 Å². The molecule has 0 saturated heterocycles. The van der Waals surface area contributed by atoms with E-state index in [1.165, 1.54) is 77.4 Å². The lowest BCUT2D eigenvalue weighted by atomic mass is 9.43. The van der Waals surface area contributed by atoms with Crippen LogP contribution in [0.15, 0.2) is 130 Å². The summed E-state index contributed by atoms with van der Waals surface area (Å²) >= 11 is 0. The van der Waals surface area contributed by atoms with Crippen LogP contribution in [-0.4, -0.2) is 11.4 Å². The Morgan fingerprint density at radius 2 is 1.12 bits per heavy atom. The number of anilines is 2. The Balaban J connectivity index is 1.34. The van der Waals surface area contributed by atoms with E-state index in [1.54, 1.807) is 0 Å². The Labute approximate surface area is 345 Å². The summed E-state index contributed by atoms with van der Waals surface area (Å²) in [7, 11) is 0. The molecule has 288 valence electrons. The minimum Gasteiger partial charge on any atom is -0.456 e. The lowest BCUT2D eigenvalue weighted by molar-refractivity contribution is 0.590. The topological polar surface area (TPSA) is 34.5 Å². The van der Waals surface area contributed by atoms with Gasteiger partial charge in [-0.05, 0) is 104 Å². The third-order valence-corrected chi connectivity index (χ3v) is 13.4. The van der Waals surface area contributed by atoms with Gasteiger partial charge in [-0.15, -0.1) is 0 Å². The van der Waals surface area contributed by atoms with Crippen molar-refractivity contribution in [2.45, 2.75) is 78.6 Å². The molecule has 0 N–H and O–H groups in total. The number of nitrogens with zero attached hydrogens (tertiary/aromatic N) is 2. The molecule has 2 aliphatic heterocycles. The number of hydrogen-bond acceptors (Lipinski definition) is 3. The van der Waals surface area contributed by atoms with Gasteiger partial charge < -0.3 is 18.2 Å². The highest BCUT2D eigenvalue weighted by Crippen LogP contribution is 2.53. The first kappa shape index (κ1) is 34.8. The van der Waals surface area contributed by atoms with Crippen molar-refractivity contribution in [3.63, 3.8) is 0 Å². The molecule has 7 aromatic carbocycles. The zero-order valence-corrected chi connectivity index (χ0v) is 35.3. The lowest BCUT2D eigenvalue weighted by Crippen LogP contribution is -2.60. The Hall–Kier alpha value is -6.20. The summed E-state index contributed by atoms with van der Waals surface area (Å²) in [6.45, 7) is 20.7. The number of fused-ring (bicyclic) bond motifs is 16. The molecule has 5 heteroatoms. The smallest absolute Gasteiger partial charge is 0.333 e. The second kappa shape index (κ2) is 11.3. The van der Waals surface area contributed by atoms with Crippen molar-refractivity contribution in [3.8, 4) is 16.8 Å². The fraction of sp³-hybridized carbons (Fsp3) is 0.222. The van der Waals surface area contributed by atoms with E-state index in [4.69, 9.17) is 8.83 Å². The molecule has 0 atom stereocenters. The van der Waals surface area contributed by atoms with Gasteiger partial charge in [-0.3, -0.25) is 0 Å². The van der Waals surface area contributed by atoms with Gasteiger partial charge in [0, 0.05) is 49.6 Å².